The number of alkyl halides is 4. The average Bonchev–Trinajstić information content (AvgIpc) is 3.01. The molecule has 0 spiro atoms. The van der Waals surface area contributed by atoms with Crippen LogP contribution in [0, 0.1) is 0 Å². The van der Waals surface area contributed by atoms with E-state index in [1.165, 1.54) is 48.5 Å². The molecule has 4 aromatic rings. The standard InChI is InChI=1S/C27H20F6N2O8S2/c28-26(29,44(36,37)42-32)25(27(30,31)45(38,39)43-33,17-1-9-21(10-2-17)40-23-13-5-19(34)6-14-23)18-3-11-22(12-4-18)41-24-15-7-20(35)8-16-24/h1-16H,34-35H2. The van der Waals surface area contributed by atoms with Crippen LogP contribution in [-0.2, 0) is 34.4 Å². The maximum atomic E-state index is 16.1. The molecule has 0 aliphatic heterocycles. The lowest BCUT2D eigenvalue weighted by Crippen LogP contribution is -2.64. The number of hydrogen-bond donors (Lipinski definition) is 2. The van der Waals surface area contributed by atoms with E-state index in [0.717, 1.165) is 24.3 Å². The molecule has 4 N–H and O–H groups in total. The minimum atomic E-state index is -7.04. The maximum Gasteiger partial charge on any atom is 0.393 e. The number of benzene rings is 4. The summed E-state index contributed by atoms with van der Waals surface area (Å²) < 4.78 is 155. The fraction of sp³-hybridized carbons (Fsp3) is 0.111. The molecule has 4 aromatic carbocycles. The highest BCUT2D eigenvalue weighted by Gasteiger charge is 2.81. The third-order valence-electron chi connectivity index (χ3n) is 6.47. The lowest BCUT2D eigenvalue weighted by atomic mass is 9.74. The Labute approximate surface area is 251 Å². The van der Waals surface area contributed by atoms with E-state index >= 15 is 17.6 Å². The van der Waals surface area contributed by atoms with Crippen molar-refractivity contribution in [2.45, 2.75) is 15.9 Å². The molecule has 0 aromatic heterocycles. The molecule has 4 rings (SSSR count). The van der Waals surface area contributed by atoms with E-state index in [0.29, 0.717) is 35.6 Å². The van der Waals surface area contributed by atoms with Crippen LogP contribution in [0.25, 0.3) is 0 Å². The summed E-state index contributed by atoms with van der Waals surface area (Å²) in [5.41, 5.74) is 3.95. The van der Waals surface area contributed by atoms with E-state index in [9.17, 15) is 25.9 Å². The summed E-state index contributed by atoms with van der Waals surface area (Å²) in [6.07, 6.45) is 0. The zero-order valence-corrected chi connectivity index (χ0v) is 23.9. The minimum Gasteiger partial charge on any atom is -0.457 e. The van der Waals surface area contributed by atoms with Crippen LogP contribution in [0.3, 0.4) is 0 Å². The normalized spacial score (nSPS) is 12.9. The van der Waals surface area contributed by atoms with E-state index in [4.69, 9.17) is 20.9 Å². The number of rotatable bonds is 12. The molecule has 0 atom stereocenters. The van der Waals surface area contributed by atoms with E-state index in [-0.39, 0.29) is 23.0 Å². The first-order chi connectivity index (χ1) is 21.0. The van der Waals surface area contributed by atoms with Crippen LogP contribution in [-0.4, -0.2) is 27.3 Å². The molecule has 0 saturated heterocycles. The van der Waals surface area contributed by atoms with Gasteiger partial charge in [0.15, 0.2) is 5.41 Å². The number of ether oxygens (including phenoxy) is 2. The first-order valence-electron chi connectivity index (χ1n) is 12.2. The molecule has 0 saturated carbocycles. The highest BCUT2D eigenvalue weighted by Crippen LogP contribution is 2.59. The van der Waals surface area contributed by atoms with Gasteiger partial charge >= 0.3 is 30.7 Å². The van der Waals surface area contributed by atoms with Gasteiger partial charge < -0.3 is 20.9 Å². The largest absolute Gasteiger partial charge is 0.457 e. The van der Waals surface area contributed by atoms with Crippen molar-refractivity contribution in [3.05, 3.63) is 108 Å². The summed E-state index contributed by atoms with van der Waals surface area (Å²) in [5, 5.41) is -12.4. The molecule has 0 aliphatic rings. The van der Waals surface area contributed by atoms with E-state index in [1.807, 2.05) is 0 Å². The van der Waals surface area contributed by atoms with Crippen LogP contribution in [0.15, 0.2) is 97.1 Å². The third-order valence-corrected chi connectivity index (χ3v) is 8.67. The Morgan fingerprint density at radius 3 is 0.956 bits per heavy atom. The fourth-order valence-corrected chi connectivity index (χ4v) is 6.05. The summed E-state index contributed by atoms with van der Waals surface area (Å²) in [4.78, 5) is 0. The second kappa shape index (κ2) is 12.1. The van der Waals surface area contributed by atoms with Crippen molar-refractivity contribution in [3.63, 3.8) is 0 Å². The fourth-order valence-electron chi connectivity index (χ4n) is 4.35. The van der Waals surface area contributed by atoms with Crippen molar-refractivity contribution in [2.24, 2.45) is 0 Å². The molecule has 0 radical (unpaired) electrons. The Morgan fingerprint density at radius 1 is 0.467 bits per heavy atom. The molecule has 0 heterocycles. The van der Waals surface area contributed by atoms with Crippen LogP contribution in [0.4, 0.5) is 38.0 Å². The van der Waals surface area contributed by atoms with Crippen molar-refractivity contribution in [1.29, 1.82) is 0 Å². The van der Waals surface area contributed by atoms with Gasteiger partial charge in [-0.25, -0.2) is 0 Å². The summed E-state index contributed by atoms with van der Waals surface area (Å²) >= 11 is 0. The van der Waals surface area contributed by atoms with Crippen LogP contribution < -0.4 is 20.9 Å². The molecule has 240 valence electrons. The van der Waals surface area contributed by atoms with Gasteiger partial charge in [-0.05, 0) is 93.0 Å². The monoisotopic (exact) mass is 678 g/mol. The zero-order valence-electron chi connectivity index (χ0n) is 22.2. The summed E-state index contributed by atoms with van der Waals surface area (Å²) in [6.45, 7) is 0. The Kier molecular flexibility index (Phi) is 8.98. The highest BCUT2D eigenvalue weighted by molar-refractivity contribution is 7.88. The number of anilines is 2. The first-order valence-corrected chi connectivity index (χ1v) is 15.0. The van der Waals surface area contributed by atoms with Crippen molar-refractivity contribution < 1.29 is 61.7 Å². The molecular weight excluding hydrogens is 658 g/mol. The Hall–Kier alpha value is -4.52. The smallest absolute Gasteiger partial charge is 0.393 e. The van der Waals surface area contributed by atoms with Gasteiger partial charge in [-0.1, -0.05) is 33.0 Å². The van der Waals surface area contributed by atoms with Gasteiger partial charge in [0.05, 0.1) is 0 Å². The van der Waals surface area contributed by atoms with Crippen LogP contribution >= 0.6 is 0 Å². The number of hydrogen-bond acceptors (Lipinski definition) is 10. The van der Waals surface area contributed by atoms with E-state index < -0.39 is 47.3 Å². The summed E-state index contributed by atoms with van der Waals surface area (Å²) in [7, 11) is -14.1. The third kappa shape index (κ3) is 5.84. The Balaban J connectivity index is 1.97. The second-order valence-corrected chi connectivity index (χ2v) is 12.3. The molecule has 18 heteroatoms. The van der Waals surface area contributed by atoms with Crippen LogP contribution in [0.1, 0.15) is 11.1 Å². The SMILES string of the molecule is Nc1ccc(Oc2ccc(C(c3ccc(Oc4ccc(N)cc4)cc3)(C(F)(F)S(=O)(=O)OF)C(F)(F)S(=O)(=O)OF)cc2)cc1. The molecule has 10 nitrogen and oxygen atoms in total. The highest BCUT2D eigenvalue weighted by atomic mass is 32.2. The predicted molar refractivity (Wildman–Crippen MR) is 148 cm³/mol. The predicted octanol–water partition coefficient (Wildman–Crippen LogP) is 6.37. The lowest BCUT2D eigenvalue weighted by molar-refractivity contribution is -0.120. The van der Waals surface area contributed by atoms with Crippen LogP contribution in [0.5, 0.6) is 23.0 Å². The topological polar surface area (TPSA) is 157 Å². The second-order valence-electron chi connectivity index (χ2n) is 9.21. The Morgan fingerprint density at radius 2 is 0.711 bits per heavy atom. The minimum absolute atomic E-state index is 0.136. The summed E-state index contributed by atoms with van der Waals surface area (Å²) in [6, 6.07) is 16.2. The van der Waals surface area contributed by atoms with Crippen molar-refractivity contribution in [2.75, 3.05) is 11.5 Å². The van der Waals surface area contributed by atoms with E-state index in [2.05, 4.69) is 8.78 Å². The van der Waals surface area contributed by atoms with Gasteiger partial charge in [0.1, 0.15) is 23.0 Å². The molecule has 0 bridgehead atoms. The maximum absolute atomic E-state index is 16.1. The molecule has 0 aliphatic carbocycles. The van der Waals surface area contributed by atoms with Crippen molar-refractivity contribution in [1.82, 2.24) is 0 Å². The van der Waals surface area contributed by atoms with Crippen LogP contribution in [0.2, 0.25) is 0 Å². The molecule has 0 fully saturated rings. The number of halogens is 6. The van der Waals surface area contributed by atoms with Gasteiger partial charge in [0.25, 0.3) is 0 Å². The van der Waals surface area contributed by atoms with Crippen molar-refractivity contribution in [3.8, 4) is 23.0 Å². The lowest BCUT2D eigenvalue weighted by Gasteiger charge is -2.42. The first kappa shape index (κ1) is 33.4. The van der Waals surface area contributed by atoms with E-state index in [1.54, 1.807) is 0 Å². The summed E-state index contributed by atoms with van der Waals surface area (Å²) in [5.74, 6) is -0.134. The van der Waals surface area contributed by atoms with Crippen molar-refractivity contribution >= 4 is 31.6 Å². The average molecular weight is 679 g/mol. The number of nitrogen functional groups attached to an aromatic ring is 2. The molecule has 45 heavy (non-hydrogen) atoms. The van der Waals surface area contributed by atoms with Gasteiger partial charge in [-0.3, -0.25) is 0 Å². The Bertz CT molecular complexity index is 1720. The zero-order chi connectivity index (χ0) is 33.3. The van der Waals surface area contributed by atoms with Gasteiger partial charge in [-0.15, -0.1) is 0 Å². The molecule has 0 amide bonds. The van der Waals surface area contributed by atoms with Gasteiger partial charge in [0.2, 0.25) is 0 Å². The quantitative estimate of drug-likeness (QED) is 0.127. The van der Waals surface area contributed by atoms with Gasteiger partial charge in [0, 0.05) is 11.4 Å². The van der Waals surface area contributed by atoms with Gasteiger partial charge in [-0.2, -0.15) is 34.4 Å². The molecule has 0 unspecified atom stereocenters. The molecular formula is C27H20F6N2O8S2. The number of nitrogens with two attached hydrogens (primary N) is 2.